The van der Waals surface area contributed by atoms with Crippen LogP contribution in [0.5, 0.6) is 0 Å². The van der Waals surface area contributed by atoms with E-state index in [-0.39, 0.29) is 0 Å². The highest BCUT2D eigenvalue weighted by Gasteiger charge is 2.05. The van der Waals surface area contributed by atoms with Crippen molar-refractivity contribution in [2.45, 2.75) is 33.1 Å². The molecule has 1 aromatic heterocycles. The summed E-state index contributed by atoms with van der Waals surface area (Å²) >= 11 is 0. The lowest BCUT2D eigenvalue weighted by Crippen LogP contribution is -1.90. The van der Waals surface area contributed by atoms with Crippen LogP contribution in [0.15, 0.2) is 48.7 Å². The fourth-order valence-corrected chi connectivity index (χ4v) is 2.22. The van der Waals surface area contributed by atoms with E-state index >= 15 is 0 Å². The van der Waals surface area contributed by atoms with Gasteiger partial charge in [0.1, 0.15) is 0 Å². The molecule has 1 aromatic carbocycles. The Balaban J connectivity index is 2.36. The van der Waals surface area contributed by atoms with Crippen molar-refractivity contribution < 1.29 is 0 Å². The lowest BCUT2D eigenvalue weighted by atomic mass is 9.95. The average molecular weight is 251 g/mol. The zero-order valence-electron chi connectivity index (χ0n) is 11.8. The molecule has 0 N–H and O–H groups in total. The highest BCUT2D eigenvalue weighted by Crippen LogP contribution is 2.25. The molecule has 2 rings (SSSR count). The van der Waals surface area contributed by atoms with Gasteiger partial charge in [0, 0.05) is 6.20 Å². The van der Waals surface area contributed by atoms with Crippen LogP contribution in [0.1, 0.15) is 43.0 Å². The summed E-state index contributed by atoms with van der Waals surface area (Å²) in [6.07, 6.45) is 7.61. The summed E-state index contributed by atoms with van der Waals surface area (Å²) in [5.74, 6) is 0. The molecule has 1 heteroatoms. The Bertz CT molecular complexity index is 541. The minimum absolute atomic E-state index is 1.04. The summed E-state index contributed by atoms with van der Waals surface area (Å²) in [5, 5.41) is 0. The quantitative estimate of drug-likeness (QED) is 0.718. The third kappa shape index (κ3) is 3.78. The van der Waals surface area contributed by atoms with E-state index in [0.29, 0.717) is 0 Å². The van der Waals surface area contributed by atoms with Crippen molar-refractivity contribution in [1.82, 2.24) is 4.98 Å². The van der Waals surface area contributed by atoms with Crippen LogP contribution in [0.3, 0.4) is 0 Å². The van der Waals surface area contributed by atoms with Gasteiger partial charge < -0.3 is 0 Å². The van der Waals surface area contributed by atoms with Gasteiger partial charge in [0.15, 0.2) is 0 Å². The SMILES string of the molecule is CCCC/C(=C\c1ccccn1)c1ccccc1C. The molecule has 0 aliphatic carbocycles. The Hall–Kier alpha value is -1.89. The Labute approximate surface area is 116 Å². The molecule has 0 amide bonds. The van der Waals surface area contributed by atoms with Gasteiger partial charge in [0.2, 0.25) is 0 Å². The van der Waals surface area contributed by atoms with Gasteiger partial charge in [0.05, 0.1) is 5.69 Å². The number of rotatable bonds is 5. The van der Waals surface area contributed by atoms with Crippen LogP contribution >= 0.6 is 0 Å². The molecule has 0 bridgehead atoms. The maximum Gasteiger partial charge on any atom is 0.0632 e. The monoisotopic (exact) mass is 251 g/mol. The molecule has 0 saturated heterocycles. The van der Waals surface area contributed by atoms with E-state index in [4.69, 9.17) is 0 Å². The second kappa shape index (κ2) is 6.89. The molecule has 0 fully saturated rings. The van der Waals surface area contributed by atoms with Crippen molar-refractivity contribution >= 4 is 11.6 Å². The number of aromatic nitrogens is 1. The van der Waals surface area contributed by atoms with Crippen LogP contribution in [-0.4, -0.2) is 4.98 Å². The summed E-state index contributed by atoms with van der Waals surface area (Å²) in [7, 11) is 0. The molecule has 19 heavy (non-hydrogen) atoms. The number of allylic oxidation sites excluding steroid dienone is 1. The van der Waals surface area contributed by atoms with Crippen molar-refractivity contribution in [3.05, 3.63) is 65.5 Å². The van der Waals surface area contributed by atoms with E-state index in [1.54, 1.807) is 0 Å². The molecule has 0 aliphatic heterocycles. The Morgan fingerprint density at radius 3 is 2.58 bits per heavy atom. The third-order valence-corrected chi connectivity index (χ3v) is 3.30. The predicted molar refractivity (Wildman–Crippen MR) is 82.8 cm³/mol. The van der Waals surface area contributed by atoms with E-state index in [9.17, 15) is 0 Å². The van der Waals surface area contributed by atoms with Crippen LogP contribution in [0.25, 0.3) is 11.6 Å². The molecule has 0 saturated carbocycles. The fourth-order valence-electron chi connectivity index (χ4n) is 2.22. The molecule has 0 unspecified atom stereocenters. The minimum Gasteiger partial charge on any atom is -0.257 e. The van der Waals surface area contributed by atoms with Crippen molar-refractivity contribution in [3.8, 4) is 0 Å². The standard InChI is InChI=1S/C18H21N/c1-3-4-10-16(14-17-11-7-8-13-19-17)18-12-6-5-9-15(18)2/h5-9,11-14H,3-4,10H2,1-2H3/b16-14+. The van der Waals surface area contributed by atoms with Crippen LogP contribution in [0.2, 0.25) is 0 Å². The van der Waals surface area contributed by atoms with Gasteiger partial charge in [-0.15, -0.1) is 0 Å². The first-order chi connectivity index (χ1) is 9.31. The number of benzene rings is 1. The highest BCUT2D eigenvalue weighted by molar-refractivity contribution is 5.81. The fraction of sp³-hybridized carbons (Fsp3) is 0.278. The first-order valence-corrected chi connectivity index (χ1v) is 6.99. The zero-order chi connectivity index (χ0) is 13.5. The second-order valence-corrected chi connectivity index (χ2v) is 4.84. The van der Waals surface area contributed by atoms with E-state index in [0.717, 1.165) is 12.1 Å². The molecule has 2 aromatic rings. The van der Waals surface area contributed by atoms with Gasteiger partial charge in [0.25, 0.3) is 0 Å². The van der Waals surface area contributed by atoms with Crippen LogP contribution in [0, 0.1) is 6.92 Å². The number of aryl methyl sites for hydroxylation is 1. The van der Waals surface area contributed by atoms with Gasteiger partial charge in [-0.1, -0.05) is 43.7 Å². The maximum atomic E-state index is 4.41. The molecule has 1 heterocycles. The Kier molecular flexibility index (Phi) is 4.91. The van der Waals surface area contributed by atoms with Crippen LogP contribution in [-0.2, 0) is 0 Å². The van der Waals surface area contributed by atoms with Crippen molar-refractivity contribution in [1.29, 1.82) is 0 Å². The minimum atomic E-state index is 1.04. The van der Waals surface area contributed by atoms with Gasteiger partial charge >= 0.3 is 0 Å². The average Bonchev–Trinajstić information content (AvgIpc) is 2.45. The molecular weight excluding hydrogens is 230 g/mol. The summed E-state index contributed by atoms with van der Waals surface area (Å²) in [6.45, 7) is 4.41. The molecule has 0 spiro atoms. The number of unbranched alkanes of at least 4 members (excludes halogenated alkanes) is 1. The van der Waals surface area contributed by atoms with Gasteiger partial charge in [-0.05, 0) is 54.7 Å². The highest BCUT2D eigenvalue weighted by atomic mass is 14.6. The normalized spacial score (nSPS) is 11.6. The second-order valence-electron chi connectivity index (χ2n) is 4.84. The van der Waals surface area contributed by atoms with Crippen molar-refractivity contribution in [3.63, 3.8) is 0 Å². The van der Waals surface area contributed by atoms with Crippen LogP contribution in [0.4, 0.5) is 0 Å². The summed E-state index contributed by atoms with van der Waals surface area (Å²) in [6, 6.07) is 14.6. The van der Waals surface area contributed by atoms with E-state index < -0.39 is 0 Å². The van der Waals surface area contributed by atoms with Crippen molar-refractivity contribution in [2.75, 3.05) is 0 Å². The van der Waals surface area contributed by atoms with Gasteiger partial charge in [-0.25, -0.2) is 0 Å². The number of hydrogen-bond donors (Lipinski definition) is 0. The summed E-state index contributed by atoms with van der Waals surface area (Å²) < 4.78 is 0. The zero-order valence-corrected chi connectivity index (χ0v) is 11.8. The predicted octanol–water partition coefficient (Wildman–Crippen LogP) is 5.12. The first-order valence-electron chi connectivity index (χ1n) is 6.99. The Morgan fingerprint density at radius 2 is 1.89 bits per heavy atom. The van der Waals surface area contributed by atoms with Gasteiger partial charge in [-0.2, -0.15) is 0 Å². The van der Waals surface area contributed by atoms with E-state index in [1.165, 1.54) is 29.5 Å². The molecular formula is C18H21N. The number of nitrogens with zero attached hydrogens (tertiary/aromatic N) is 1. The largest absolute Gasteiger partial charge is 0.257 e. The molecule has 1 nitrogen and oxygen atoms in total. The summed E-state index contributed by atoms with van der Waals surface area (Å²) in [4.78, 5) is 4.41. The molecule has 0 aliphatic rings. The van der Waals surface area contributed by atoms with Crippen molar-refractivity contribution in [2.24, 2.45) is 0 Å². The molecule has 0 atom stereocenters. The van der Waals surface area contributed by atoms with Crippen LogP contribution < -0.4 is 0 Å². The lowest BCUT2D eigenvalue weighted by Gasteiger charge is -2.10. The maximum absolute atomic E-state index is 4.41. The Morgan fingerprint density at radius 1 is 1.11 bits per heavy atom. The van der Waals surface area contributed by atoms with Gasteiger partial charge in [-0.3, -0.25) is 4.98 Å². The molecule has 0 radical (unpaired) electrons. The molecule has 98 valence electrons. The number of hydrogen-bond acceptors (Lipinski definition) is 1. The van der Waals surface area contributed by atoms with E-state index in [2.05, 4.69) is 55.2 Å². The third-order valence-electron chi connectivity index (χ3n) is 3.30. The van der Waals surface area contributed by atoms with E-state index in [1.807, 2.05) is 18.3 Å². The lowest BCUT2D eigenvalue weighted by molar-refractivity contribution is 0.825. The topological polar surface area (TPSA) is 12.9 Å². The first kappa shape index (κ1) is 13.5. The number of pyridine rings is 1. The smallest absolute Gasteiger partial charge is 0.0632 e. The summed E-state index contributed by atoms with van der Waals surface area (Å²) in [5.41, 5.74) is 5.11.